The maximum absolute atomic E-state index is 12.5. The monoisotopic (exact) mass is 432 g/mol. The number of nitrogens with one attached hydrogen (secondary N) is 1. The Labute approximate surface area is 180 Å². The third-order valence-electron chi connectivity index (χ3n) is 4.69. The highest BCUT2D eigenvalue weighted by atomic mass is 19.3. The van der Waals surface area contributed by atoms with E-state index in [4.69, 9.17) is 9.47 Å². The standard InChI is InChI=1S/C23H26F2N2O4/c1-2-30-21-15-17(5-9-20(21)31-23(24)25)6-10-22(28)26-16-18-3-7-19(8-4-18)27-11-13-29-14-12-27/h3-10,15,23H,2,11-14,16H2,1H3,(H,26,28)/b10-6+. The zero-order valence-corrected chi connectivity index (χ0v) is 17.4. The Morgan fingerprint density at radius 2 is 1.90 bits per heavy atom. The fourth-order valence-electron chi connectivity index (χ4n) is 3.16. The van der Waals surface area contributed by atoms with Gasteiger partial charge in [0.15, 0.2) is 11.5 Å². The number of carbonyl (C=O) groups is 1. The average molecular weight is 432 g/mol. The van der Waals surface area contributed by atoms with Crippen molar-refractivity contribution in [2.75, 3.05) is 37.8 Å². The minimum atomic E-state index is -2.94. The zero-order valence-electron chi connectivity index (χ0n) is 17.4. The number of ether oxygens (including phenoxy) is 3. The molecule has 31 heavy (non-hydrogen) atoms. The van der Waals surface area contributed by atoms with Gasteiger partial charge < -0.3 is 24.4 Å². The second-order valence-electron chi connectivity index (χ2n) is 6.83. The Bertz CT molecular complexity index is 882. The molecule has 0 atom stereocenters. The van der Waals surface area contributed by atoms with E-state index in [9.17, 15) is 13.6 Å². The van der Waals surface area contributed by atoms with Gasteiger partial charge in [-0.1, -0.05) is 18.2 Å². The van der Waals surface area contributed by atoms with Gasteiger partial charge in [0.05, 0.1) is 19.8 Å². The van der Waals surface area contributed by atoms with Crippen LogP contribution in [0.1, 0.15) is 18.1 Å². The maximum Gasteiger partial charge on any atom is 0.387 e. The quantitative estimate of drug-likeness (QED) is 0.610. The largest absolute Gasteiger partial charge is 0.490 e. The number of carbonyl (C=O) groups excluding carboxylic acids is 1. The third kappa shape index (κ3) is 6.96. The molecule has 0 unspecified atom stereocenters. The van der Waals surface area contributed by atoms with Gasteiger partial charge in [0, 0.05) is 31.4 Å². The molecule has 1 fully saturated rings. The van der Waals surface area contributed by atoms with Crippen molar-refractivity contribution in [2.24, 2.45) is 0 Å². The fourth-order valence-corrected chi connectivity index (χ4v) is 3.16. The lowest BCUT2D eigenvalue weighted by molar-refractivity contribution is -0.116. The van der Waals surface area contributed by atoms with Crippen LogP contribution in [0, 0.1) is 0 Å². The number of morpholine rings is 1. The number of anilines is 1. The van der Waals surface area contributed by atoms with Crippen molar-refractivity contribution in [3.8, 4) is 11.5 Å². The number of nitrogens with zero attached hydrogens (tertiary/aromatic N) is 1. The number of alkyl halides is 2. The van der Waals surface area contributed by atoms with Gasteiger partial charge in [-0.25, -0.2) is 0 Å². The molecule has 0 bridgehead atoms. The van der Waals surface area contributed by atoms with Crippen LogP contribution in [-0.4, -0.2) is 45.4 Å². The van der Waals surface area contributed by atoms with Crippen LogP contribution in [0.3, 0.4) is 0 Å². The van der Waals surface area contributed by atoms with Crippen molar-refractivity contribution < 1.29 is 27.8 Å². The third-order valence-corrected chi connectivity index (χ3v) is 4.69. The lowest BCUT2D eigenvalue weighted by Crippen LogP contribution is -2.36. The number of rotatable bonds is 9. The summed E-state index contributed by atoms with van der Waals surface area (Å²) < 4.78 is 40.1. The van der Waals surface area contributed by atoms with Gasteiger partial charge in [-0.3, -0.25) is 4.79 Å². The lowest BCUT2D eigenvalue weighted by atomic mass is 10.1. The number of halogens is 2. The molecule has 1 amide bonds. The van der Waals surface area contributed by atoms with Gasteiger partial charge in [0.2, 0.25) is 5.91 Å². The Morgan fingerprint density at radius 3 is 2.58 bits per heavy atom. The van der Waals surface area contributed by atoms with Crippen molar-refractivity contribution >= 4 is 17.7 Å². The van der Waals surface area contributed by atoms with Crippen LogP contribution in [-0.2, 0) is 16.1 Å². The summed E-state index contributed by atoms with van der Waals surface area (Å²) in [6.07, 6.45) is 2.98. The molecule has 1 aliphatic heterocycles. The predicted octanol–water partition coefficient (Wildman–Crippen LogP) is 3.85. The van der Waals surface area contributed by atoms with E-state index in [0.29, 0.717) is 18.7 Å². The molecule has 6 nitrogen and oxygen atoms in total. The molecule has 1 saturated heterocycles. The van der Waals surface area contributed by atoms with Crippen LogP contribution >= 0.6 is 0 Å². The first-order valence-corrected chi connectivity index (χ1v) is 10.1. The molecule has 0 radical (unpaired) electrons. The van der Waals surface area contributed by atoms with Crippen LogP contribution in [0.5, 0.6) is 11.5 Å². The van der Waals surface area contributed by atoms with Gasteiger partial charge in [-0.2, -0.15) is 8.78 Å². The Kier molecular flexibility index (Phi) is 8.23. The van der Waals surface area contributed by atoms with Crippen LogP contribution in [0.4, 0.5) is 14.5 Å². The van der Waals surface area contributed by atoms with Crippen LogP contribution in [0.25, 0.3) is 6.08 Å². The summed E-state index contributed by atoms with van der Waals surface area (Å²) in [5.41, 5.74) is 2.77. The van der Waals surface area contributed by atoms with Crippen molar-refractivity contribution in [3.05, 3.63) is 59.7 Å². The molecular formula is C23H26F2N2O4. The highest BCUT2D eigenvalue weighted by Gasteiger charge is 2.12. The molecule has 0 saturated carbocycles. The van der Waals surface area contributed by atoms with Crippen LogP contribution in [0.15, 0.2) is 48.5 Å². The van der Waals surface area contributed by atoms with Gasteiger partial charge in [0.25, 0.3) is 0 Å². The van der Waals surface area contributed by atoms with Crippen molar-refractivity contribution in [2.45, 2.75) is 20.1 Å². The number of amides is 1. The first-order chi connectivity index (χ1) is 15.0. The Hall–Kier alpha value is -3.13. The molecule has 166 valence electrons. The fraction of sp³-hybridized carbons (Fsp3) is 0.348. The maximum atomic E-state index is 12.5. The average Bonchev–Trinajstić information content (AvgIpc) is 2.78. The van der Waals surface area contributed by atoms with Gasteiger partial charge in [0.1, 0.15) is 0 Å². The van der Waals surface area contributed by atoms with E-state index < -0.39 is 6.61 Å². The first kappa shape index (κ1) is 22.6. The van der Waals surface area contributed by atoms with Gasteiger partial charge in [-0.05, 0) is 48.4 Å². The predicted molar refractivity (Wildman–Crippen MR) is 115 cm³/mol. The highest BCUT2D eigenvalue weighted by molar-refractivity contribution is 5.91. The number of hydrogen-bond donors (Lipinski definition) is 1. The normalized spacial score (nSPS) is 14.1. The summed E-state index contributed by atoms with van der Waals surface area (Å²) in [4.78, 5) is 14.4. The molecule has 3 rings (SSSR count). The second kappa shape index (κ2) is 11.3. The van der Waals surface area contributed by atoms with Crippen LogP contribution in [0.2, 0.25) is 0 Å². The van der Waals surface area contributed by atoms with Gasteiger partial charge >= 0.3 is 6.61 Å². The Balaban J connectivity index is 1.53. The van der Waals surface area contributed by atoms with E-state index in [1.54, 1.807) is 25.1 Å². The molecule has 1 heterocycles. The van der Waals surface area contributed by atoms with E-state index in [1.807, 2.05) is 24.3 Å². The van der Waals surface area contributed by atoms with Gasteiger partial charge in [-0.15, -0.1) is 0 Å². The molecule has 0 aromatic heterocycles. The molecule has 0 spiro atoms. The first-order valence-electron chi connectivity index (χ1n) is 10.1. The van der Waals surface area contributed by atoms with E-state index in [1.165, 1.54) is 12.1 Å². The van der Waals surface area contributed by atoms with Crippen molar-refractivity contribution in [1.82, 2.24) is 5.32 Å². The van der Waals surface area contributed by atoms with Crippen molar-refractivity contribution in [1.29, 1.82) is 0 Å². The second-order valence-corrected chi connectivity index (χ2v) is 6.83. The molecule has 1 aliphatic rings. The summed E-state index contributed by atoms with van der Waals surface area (Å²) in [5.74, 6) is -0.104. The smallest absolute Gasteiger partial charge is 0.387 e. The summed E-state index contributed by atoms with van der Waals surface area (Å²) in [5, 5.41) is 2.83. The lowest BCUT2D eigenvalue weighted by Gasteiger charge is -2.28. The Morgan fingerprint density at radius 1 is 1.16 bits per heavy atom. The molecule has 1 N–H and O–H groups in total. The SMILES string of the molecule is CCOc1cc(/C=C/C(=O)NCc2ccc(N3CCOCC3)cc2)ccc1OC(F)F. The molecular weight excluding hydrogens is 406 g/mol. The molecule has 2 aromatic rings. The minimum Gasteiger partial charge on any atom is -0.490 e. The van der Waals surface area contributed by atoms with E-state index in [0.717, 1.165) is 37.6 Å². The number of benzene rings is 2. The van der Waals surface area contributed by atoms with E-state index in [2.05, 4.69) is 15.0 Å². The highest BCUT2D eigenvalue weighted by Crippen LogP contribution is 2.30. The van der Waals surface area contributed by atoms with E-state index in [-0.39, 0.29) is 17.4 Å². The molecule has 0 aliphatic carbocycles. The molecule has 2 aromatic carbocycles. The topological polar surface area (TPSA) is 60.0 Å². The summed E-state index contributed by atoms with van der Waals surface area (Å²) in [7, 11) is 0. The zero-order chi connectivity index (χ0) is 22.1. The van der Waals surface area contributed by atoms with Crippen molar-refractivity contribution in [3.63, 3.8) is 0 Å². The van der Waals surface area contributed by atoms with E-state index >= 15 is 0 Å². The number of hydrogen-bond acceptors (Lipinski definition) is 5. The summed E-state index contributed by atoms with van der Waals surface area (Å²) in [6.45, 7) is 2.73. The molecule has 8 heteroatoms. The summed E-state index contributed by atoms with van der Waals surface area (Å²) >= 11 is 0. The summed E-state index contributed by atoms with van der Waals surface area (Å²) in [6, 6.07) is 12.6. The minimum absolute atomic E-state index is 0.0426. The van der Waals surface area contributed by atoms with Crippen LogP contribution < -0.4 is 19.7 Å².